The molecule has 1 aliphatic rings. The van der Waals surface area contributed by atoms with Gasteiger partial charge >= 0.3 is 5.97 Å². The molecule has 1 fully saturated rings. The molecule has 0 aromatic heterocycles. The highest BCUT2D eigenvalue weighted by Crippen LogP contribution is 2.12. The van der Waals surface area contributed by atoms with Crippen LogP contribution in [0, 0.1) is 0 Å². The number of hydrogen-bond acceptors (Lipinski definition) is 5. The molecule has 15 heavy (non-hydrogen) atoms. The van der Waals surface area contributed by atoms with Gasteiger partial charge in [-0.1, -0.05) is 0 Å². The summed E-state index contributed by atoms with van der Waals surface area (Å²) >= 11 is 0. The molecular weight excluding hydrogens is 200 g/mol. The van der Waals surface area contributed by atoms with Crippen LogP contribution in [0.15, 0.2) is 0 Å². The predicted molar refractivity (Wildman–Crippen MR) is 51.2 cm³/mol. The van der Waals surface area contributed by atoms with Crippen molar-refractivity contribution in [3.8, 4) is 0 Å². The van der Waals surface area contributed by atoms with Gasteiger partial charge in [0.05, 0.1) is 20.3 Å². The van der Waals surface area contributed by atoms with Crippen LogP contribution >= 0.6 is 0 Å². The van der Waals surface area contributed by atoms with Gasteiger partial charge in [-0.3, -0.25) is 9.59 Å². The van der Waals surface area contributed by atoms with E-state index < -0.39 is 5.97 Å². The molecule has 0 spiro atoms. The molecule has 86 valence electrons. The molecule has 5 heteroatoms. The highest BCUT2D eigenvalue weighted by atomic mass is 16.7. The number of ether oxygens (including phenoxy) is 3. The molecule has 0 bridgehead atoms. The maximum atomic E-state index is 11.2. The first-order chi connectivity index (χ1) is 7.22. The minimum atomic E-state index is -0.478. The zero-order valence-corrected chi connectivity index (χ0v) is 8.86. The summed E-state index contributed by atoms with van der Waals surface area (Å²) in [7, 11) is 1.27. The summed E-state index contributed by atoms with van der Waals surface area (Å²) in [6.07, 6.45) is 1.45. The highest BCUT2D eigenvalue weighted by molar-refractivity contribution is 5.95. The van der Waals surface area contributed by atoms with Gasteiger partial charge in [-0.05, 0) is 12.8 Å². The normalized spacial score (nSPS) is 16.6. The molecule has 0 saturated carbocycles. The van der Waals surface area contributed by atoms with E-state index in [1.165, 1.54) is 7.11 Å². The van der Waals surface area contributed by atoms with E-state index in [1.54, 1.807) is 0 Å². The second-order valence-corrected chi connectivity index (χ2v) is 3.35. The third-order valence-corrected chi connectivity index (χ3v) is 2.16. The third kappa shape index (κ3) is 4.90. The number of Topliss-reactive ketones (excluding diaryl/α,β-unsaturated/α-hetero) is 1. The van der Waals surface area contributed by atoms with Crippen LogP contribution in [0.5, 0.6) is 0 Å². The molecule has 1 heterocycles. The lowest BCUT2D eigenvalue weighted by atomic mass is 10.1. The van der Waals surface area contributed by atoms with Crippen LogP contribution in [0.25, 0.3) is 0 Å². The quantitative estimate of drug-likeness (QED) is 0.482. The molecule has 0 N–H and O–H groups in total. The number of ketones is 1. The largest absolute Gasteiger partial charge is 0.469 e. The number of hydrogen-bond donors (Lipinski definition) is 0. The molecule has 0 unspecified atom stereocenters. The number of carbonyl (C=O) groups is 2. The third-order valence-electron chi connectivity index (χ3n) is 2.16. The lowest BCUT2D eigenvalue weighted by molar-refractivity contribution is -0.143. The lowest BCUT2D eigenvalue weighted by Crippen LogP contribution is -2.11. The van der Waals surface area contributed by atoms with E-state index in [1.807, 2.05) is 0 Å². The van der Waals surface area contributed by atoms with Crippen molar-refractivity contribution in [1.82, 2.24) is 0 Å². The molecule has 1 aliphatic heterocycles. The maximum absolute atomic E-state index is 11.2. The van der Waals surface area contributed by atoms with Crippen LogP contribution in [-0.2, 0) is 23.8 Å². The second-order valence-electron chi connectivity index (χ2n) is 3.35. The van der Waals surface area contributed by atoms with Gasteiger partial charge in [0.25, 0.3) is 0 Å². The number of rotatable bonds is 6. The first-order valence-corrected chi connectivity index (χ1v) is 5.04. The summed E-state index contributed by atoms with van der Waals surface area (Å²) < 4.78 is 14.8. The molecule has 0 radical (unpaired) electrons. The second kappa shape index (κ2) is 6.53. The smallest absolute Gasteiger partial charge is 0.313 e. The summed E-state index contributed by atoms with van der Waals surface area (Å²) in [6.45, 7) is 1.25. The van der Waals surface area contributed by atoms with Gasteiger partial charge in [0.15, 0.2) is 6.29 Å². The van der Waals surface area contributed by atoms with Gasteiger partial charge in [-0.25, -0.2) is 0 Å². The monoisotopic (exact) mass is 216 g/mol. The zero-order chi connectivity index (χ0) is 11.1. The van der Waals surface area contributed by atoms with Gasteiger partial charge in [-0.2, -0.15) is 0 Å². The summed E-state index contributed by atoms with van der Waals surface area (Å²) in [5.41, 5.74) is 0. The fourth-order valence-corrected chi connectivity index (χ4v) is 1.36. The summed E-state index contributed by atoms with van der Waals surface area (Å²) in [5.74, 6) is -0.576. The Hall–Kier alpha value is -0.940. The molecule has 5 nitrogen and oxygen atoms in total. The molecule has 0 amide bonds. The van der Waals surface area contributed by atoms with Crippen molar-refractivity contribution in [3.05, 3.63) is 0 Å². The van der Waals surface area contributed by atoms with Crippen LogP contribution in [0.2, 0.25) is 0 Å². The van der Waals surface area contributed by atoms with Crippen molar-refractivity contribution in [2.45, 2.75) is 32.0 Å². The minimum absolute atomic E-state index is 0.0974. The fraction of sp³-hybridized carbons (Fsp3) is 0.800. The van der Waals surface area contributed by atoms with Gasteiger partial charge < -0.3 is 14.2 Å². The van der Waals surface area contributed by atoms with Crippen molar-refractivity contribution < 1.29 is 23.8 Å². The molecule has 0 aromatic carbocycles. The topological polar surface area (TPSA) is 61.8 Å². The Morgan fingerprint density at radius 3 is 2.60 bits per heavy atom. The Bertz CT molecular complexity index is 220. The van der Waals surface area contributed by atoms with Crippen molar-refractivity contribution in [1.29, 1.82) is 0 Å². The zero-order valence-electron chi connectivity index (χ0n) is 8.86. The van der Waals surface area contributed by atoms with Crippen molar-refractivity contribution in [2.24, 2.45) is 0 Å². The van der Waals surface area contributed by atoms with E-state index in [4.69, 9.17) is 9.47 Å². The van der Waals surface area contributed by atoms with Gasteiger partial charge in [0.1, 0.15) is 12.2 Å². The lowest BCUT2D eigenvalue weighted by Gasteiger charge is -2.07. The van der Waals surface area contributed by atoms with Crippen molar-refractivity contribution in [2.75, 3.05) is 20.3 Å². The number of carbonyl (C=O) groups excluding carboxylic acids is 2. The Balaban J connectivity index is 2.03. The van der Waals surface area contributed by atoms with E-state index in [0.29, 0.717) is 32.5 Å². The van der Waals surface area contributed by atoms with E-state index >= 15 is 0 Å². The van der Waals surface area contributed by atoms with Gasteiger partial charge in [0, 0.05) is 6.42 Å². The molecule has 1 saturated heterocycles. The first-order valence-electron chi connectivity index (χ1n) is 5.04. The Morgan fingerprint density at radius 1 is 1.33 bits per heavy atom. The first kappa shape index (κ1) is 12.1. The summed E-state index contributed by atoms with van der Waals surface area (Å²) in [5, 5.41) is 0. The van der Waals surface area contributed by atoms with E-state index in [9.17, 15) is 9.59 Å². The predicted octanol–water partition coefficient (Wildman–Crippen LogP) is 0.662. The Morgan fingerprint density at radius 2 is 2.00 bits per heavy atom. The molecule has 0 aromatic rings. The standard InChI is InChI=1S/C10H16O5/c1-13-9(12)7-8(11)3-2-4-10-14-5-6-15-10/h10H,2-7H2,1H3. The average molecular weight is 216 g/mol. The molecular formula is C10H16O5. The van der Waals surface area contributed by atoms with E-state index in [0.717, 1.165) is 0 Å². The van der Waals surface area contributed by atoms with Gasteiger partial charge in [-0.15, -0.1) is 0 Å². The van der Waals surface area contributed by atoms with Crippen molar-refractivity contribution in [3.63, 3.8) is 0 Å². The minimum Gasteiger partial charge on any atom is -0.469 e. The van der Waals surface area contributed by atoms with Crippen LogP contribution in [-0.4, -0.2) is 38.4 Å². The molecule has 1 rings (SSSR count). The van der Waals surface area contributed by atoms with E-state index in [2.05, 4.69) is 4.74 Å². The Labute approximate surface area is 88.7 Å². The Kier molecular flexibility index (Phi) is 5.28. The molecule has 0 aliphatic carbocycles. The van der Waals surface area contributed by atoms with Crippen molar-refractivity contribution >= 4 is 11.8 Å². The summed E-state index contributed by atoms with van der Waals surface area (Å²) in [4.78, 5) is 22.0. The number of esters is 1. The number of methoxy groups -OCH3 is 1. The fourth-order valence-electron chi connectivity index (χ4n) is 1.36. The van der Waals surface area contributed by atoms with Crippen LogP contribution in [0.3, 0.4) is 0 Å². The van der Waals surface area contributed by atoms with Crippen LogP contribution in [0.4, 0.5) is 0 Å². The van der Waals surface area contributed by atoms with Gasteiger partial charge in [0.2, 0.25) is 0 Å². The van der Waals surface area contributed by atoms with E-state index in [-0.39, 0.29) is 18.5 Å². The maximum Gasteiger partial charge on any atom is 0.313 e. The average Bonchev–Trinajstić information content (AvgIpc) is 2.70. The molecule has 0 atom stereocenters. The van der Waals surface area contributed by atoms with Crippen LogP contribution < -0.4 is 0 Å². The summed E-state index contributed by atoms with van der Waals surface area (Å²) in [6, 6.07) is 0. The highest BCUT2D eigenvalue weighted by Gasteiger charge is 2.16. The SMILES string of the molecule is COC(=O)CC(=O)CCCC1OCCO1. The van der Waals surface area contributed by atoms with Crippen LogP contribution in [0.1, 0.15) is 25.7 Å².